The zero-order chi connectivity index (χ0) is 26.0. The zero-order valence-electron chi connectivity index (χ0n) is 24.8. The minimum absolute atomic E-state index is 0.294. The van der Waals surface area contributed by atoms with Crippen LogP contribution in [-0.2, 0) is 13.6 Å². The monoisotopic (exact) mass is 517 g/mol. The van der Waals surface area contributed by atoms with Crippen LogP contribution in [0.15, 0.2) is 0 Å². The molecule has 4 nitrogen and oxygen atoms in total. The van der Waals surface area contributed by atoms with Crippen molar-refractivity contribution < 1.29 is 13.6 Å². The molecule has 5 heteroatoms. The van der Waals surface area contributed by atoms with Gasteiger partial charge in [0.2, 0.25) is 0 Å². The van der Waals surface area contributed by atoms with Crippen molar-refractivity contribution in [2.24, 2.45) is 0 Å². The van der Waals surface area contributed by atoms with E-state index in [1.54, 1.807) is 7.11 Å². The Labute approximate surface area is 222 Å². The molecule has 212 valence electrons. The van der Waals surface area contributed by atoms with Crippen molar-refractivity contribution in [2.75, 3.05) is 26.8 Å². The van der Waals surface area contributed by atoms with Crippen LogP contribution in [0, 0.1) is 0 Å². The van der Waals surface area contributed by atoms with Gasteiger partial charge in [-0.3, -0.25) is 0 Å². The number of hydrogen-bond donors (Lipinski definition) is 0. The Hall–Kier alpha value is 0.270. The molecule has 0 amide bonds. The highest BCUT2D eigenvalue weighted by molar-refractivity contribution is 7.41. The fourth-order valence-electron chi connectivity index (χ4n) is 4.72. The molecule has 0 bridgehead atoms. The van der Waals surface area contributed by atoms with E-state index in [2.05, 4.69) is 25.7 Å². The summed E-state index contributed by atoms with van der Waals surface area (Å²) in [7, 11) is 0.539. The molecule has 1 rings (SSSR count). The normalized spacial score (nSPS) is 16.6. The molecule has 1 fully saturated rings. The maximum absolute atomic E-state index is 6.12. The van der Waals surface area contributed by atoms with Gasteiger partial charge in [-0.2, -0.15) is 0 Å². The third-order valence-corrected chi connectivity index (χ3v) is 8.43. The van der Waals surface area contributed by atoms with Crippen LogP contribution >= 0.6 is 8.60 Å². The van der Waals surface area contributed by atoms with Gasteiger partial charge in [0.05, 0.1) is 12.7 Å². The molecule has 1 saturated heterocycles. The number of hydrogen-bond acceptors (Lipinski definition) is 4. The number of likely N-dealkylation sites (tertiary alicyclic amines) is 1. The summed E-state index contributed by atoms with van der Waals surface area (Å²) in [6, 6.07) is 0.682. The van der Waals surface area contributed by atoms with E-state index < -0.39 is 8.60 Å². The highest BCUT2D eigenvalue weighted by Gasteiger charge is 2.25. The van der Waals surface area contributed by atoms with Crippen molar-refractivity contribution >= 4 is 8.60 Å². The fourth-order valence-corrected chi connectivity index (χ4v) is 5.70. The van der Waals surface area contributed by atoms with Crippen LogP contribution in [0.5, 0.6) is 0 Å². The number of nitrogens with zero attached hydrogens (tertiary/aromatic N) is 1. The average molecular weight is 518 g/mol. The van der Waals surface area contributed by atoms with Gasteiger partial charge in [0.25, 0.3) is 0 Å². The van der Waals surface area contributed by atoms with Gasteiger partial charge < -0.3 is 18.5 Å². The summed E-state index contributed by atoms with van der Waals surface area (Å²) in [5.41, 5.74) is 0. The molecule has 0 saturated carbocycles. The van der Waals surface area contributed by atoms with Gasteiger partial charge in [0.1, 0.15) is 0 Å². The molecule has 0 aromatic rings. The summed E-state index contributed by atoms with van der Waals surface area (Å²) in [6.45, 7) is 13.9. The number of piperidine rings is 1. The quantitative estimate of drug-likeness (QED) is 0.0996. The average Bonchev–Trinajstić information content (AvgIpc) is 2.90. The maximum atomic E-state index is 6.12. The minimum atomic E-state index is -1.18. The van der Waals surface area contributed by atoms with E-state index in [1.165, 1.54) is 103 Å². The maximum Gasteiger partial charge on any atom is 0.332 e. The van der Waals surface area contributed by atoms with E-state index >= 15 is 0 Å². The van der Waals surface area contributed by atoms with Crippen LogP contribution in [0.3, 0.4) is 0 Å². The Morgan fingerprint density at radius 2 is 1.14 bits per heavy atom. The summed E-state index contributed by atoms with van der Waals surface area (Å²) in [5.74, 6) is 0. The summed E-state index contributed by atoms with van der Waals surface area (Å²) < 4.78 is 17.5. The SMILES string of the molecule is CC.CCCCCCCCCCCCCCCCCCOP(OC)OC1CCN(C(C)CC)CC1. The standard InChI is InChI=1S/C28H58NO3P.C2H6/c1-5-7-8-9-10-11-12-13-14-15-16-17-18-19-20-21-26-31-33(30-4)32-28-22-24-29(25-23-28)27(3)6-2;1-2/h27-28H,5-26H2,1-4H3;1-2H3. The molecule has 0 aromatic heterocycles. The summed E-state index contributed by atoms with van der Waals surface area (Å²) in [6.07, 6.45) is 26.0. The predicted molar refractivity (Wildman–Crippen MR) is 156 cm³/mol. The summed E-state index contributed by atoms with van der Waals surface area (Å²) in [4.78, 5) is 2.58. The molecular formula is C30H64NO3P. The Morgan fingerprint density at radius 1 is 0.714 bits per heavy atom. The second-order valence-corrected chi connectivity index (χ2v) is 11.4. The Balaban J connectivity index is 0.00000562. The van der Waals surface area contributed by atoms with Crippen molar-refractivity contribution in [2.45, 2.75) is 169 Å². The second kappa shape index (κ2) is 27.3. The molecule has 2 unspecified atom stereocenters. The van der Waals surface area contributed by atoms with Gasteiger partial charge in [-0.25, -0.2) is 0 Å². The van der Waals surface area contributed by atoms with Gasteiger partial charge >= 0.3 is 8.60 Å². The molecule has 0 aromatic carbocycles. The van der Waals surface area contributed by atoms with Crippen molar-refractivity contribution in [1.29, 1.82) is 0 Å². The molecule has 0 aliphatic carbocycles. The molecular weight excluding hydrogens is 453 g/mol. The van der Waals surface area contributed by atoms with Gasteiger partial charge in [-0.15, -0.1) is 0 Å². The molecule has 1 aliphatic rings. The fraction of sp³-hybridized carbons (Fsp3) is 1.00. The van der Waals surface area contributed by atoms with E-state index in [4.69, 9.17) is 13.6 Å². The van der Waals surface area contributed by atoms with E-state index in [0.717, 1.165) is 39.0 Å². The van der Waals surface area contributed by atoms with E-state index in [9.17, 15) is 0 Å². The smallest absolute Gasteiger partial charge is 0.316 e. The number of rotatable bonds is 23. The third-order valence-electron chi connectivity index (χ3n) is 7.27. The molecule has 0 radical (unpaired) electrons. The van der Waals surface area contributed by atoms with E-state index in [-0.39, 0.29) is 0 Å². The van der Waals surface area contributed by atoms with Crippen LogP contribution in [0.4, 0.5) is 0 Å². The molecule has 0 spiro atoms. The number of unbranched alkanes of at least 4 members (excludes halogenated alkanes) is 15. The zero-order valence-corrected chi connectivity index (χ0v) is 25.7. The highest BCUT2D eigenvalue weighted by atomic mass is 31.2. The van der Waals surface area contributed by atoms with Crippen LogP contribution in [-0.4, -0.2) is 43.9 Å². The van der Waals surface area contributed by atoms with Crippen LogP contribution in [0.1, 0.15) is 157 Å². The lowest BCUT2D eigenvalue weighted by Gasteiger charge is -2.36. The van der Waals surface area contributed by atoms with Crippen molar-refractivity contribution in [3.63, 3.8) is 0 Å². The molecule has 2 atom stereocenters. The molecule has 0 N–H and O–H groups in total. The Kier molecular flexibility index (Phi) is 27.5. The largest absolute Gasteiger partial charge is 0.332 e. The topological polar surface area (TPSA) is 30.9 Å². The first-order valence-corrected chi connectivity index (χ1v) is 16.7. The van der Waals surface area contributed by atoms with Crippen LogP contribution in [0.25, 0.3) is 0 Å². The van der Waals surface area contributed by atoms with Crippen LogP contribution < -0.4 is 0 Å². The van der Waals surface area contributed by atoms with Gasteiger partial charge in [-0.1, -0.05) is 124 Å². The molecule has 1 heterocycles. The van der Waals surface area contributed by atoms with Crippen molar-refractivity contribution in [3.05, 3.63) is 0 Å². The third kappa shape index (κ3) is 21.0. The van der Waals surface area contributed by atoms with Crippen LogP contribution in [0.2, 0.25) is 0 Å². The van der Waals surface area contributed by atoms with Gasteiger partial charge in [-0.05, 0) is 32.6 Å². The minimum Gasteiger partial charge on any atom is -0.316 e. The second-order valence-electron chi connectivity index (χ2n) is 10.1. The van der Waals surface area contributed by atoms with Gasteiger partial charge in [0, 0.05) is 26.2 Å². The van der Waals surface area contributed by atoms with Crippen molar-refractivity contribution in [1.82, 2.24) is 4.90 Å². The van der Waals surface area contributed by atoms with Crippen molar-refractivity contribution in [3.8, 4) is 0 Å². The molecule has 35 heavy (non-hydrogen) atoms. The lowest BCUT2D eigenvalue weighted by Crippen LogP contribution is -2.41. The van der Waals surface area contributed by atoms with Gasteiger partial charge in [0.15, 0.2) is 0 Å². The van der Waals surface area contributed by atoms with E-state index in [1.807, 2.05) is 13.8 Å². The Morgan fingerprint density at radius 3 is 1.54 bits per heavy atom. The lowest BCUT2D eigenvalue weighted by molar-refractivity contribution is 0.0589. The summed E-state index contributed by atoms with van der Waals surface area (Å²) >= 11 is 0. The first-order chi connectivity index (χ1) is 17.2. The Bertz CT molecular complexity index is 405. The summed E-state index contributed by atoms with van der Waals surface area (Å²) in [5, 5.41) is 0. The van der Waals surface area contributed by atoms with E-state index in [0.29, 0.717) is 12.1 Å². The predicted octanol–water partition coefficient (Wildman–Crippen LogP) is 10.4. The molecule has 1 aliphatic heterocycles. The first kappa shape index (κ1) is 35.3. The highest BCUT2D eigenvalue weighted by Crippen LogP contribution is 2.42. The lowest BCUT2D eigenvalue weighted by atomic mass is 10.0. The first-order valence-electron chi connectivity index (χ1n) is 15.6.